The Hall–Kier alpha value is -1.44. The number of nitrogens with one attached hydrogen (secondary N) is 1. The predicted molar refractivity (Wildman–Crippen MR) is 79.6 cm³/mol. The fraction of sp³-hybridized carbons (Fsp3) is 0.500. The lowest BCUT2D eigenvalue weighted by Gasteiger charge is -2.14. The molecule has 0 fully saturated rings. The van der Waals surface area contributed by atoms with Gasteiger partial charge in [0.15, 0.2) is 0 Å². The highest BCUT2D eigenvalue weighted by molar-refractivity contribution is 7.89. The minimum absolute atomic E-state index is 0.134. The van der Waals surface area contributed by atoms with Gasteiger partial charge in [-0.15, -0.1) is 0 Å². The second kappa shape index (κ2) is 8.76. The van der Waals surface area contributed by atoms with Crippen molar-refractivity contribution in [1.29, 1.82) is 0 Å². The third-order valence-corrected chi connectivity index (χ3v) is 4.35. The highest BCUT2D eigenvalue weighted by Crippen LogP contribution is 2.04. The van der Waals surface area contributed by atoms with Crippen LogP contribution in [0.1, 0.15) is 18.4 Å². The van der Waals surface area contributed by atoms with E-state index in [0.717, 1.165) is 5.56 Å². The van der Waals surface area contributed by atoms with E-state index in [1.54, 1.807) is 0 Å². The number of hydrogen-bond donors (Lipinski definition) is 2. The van der Waals surface area contributed by atoms with Crippen LogP contribution in [0.2, 0.25) is 0 Å². The first kappa shape index (κ1) is 17.6. The minimum atomic E-state index is -3.63. The quantitative estimate of drug-likeness (QED) is 0.629. The molecule has 1 rings (SSSR count). The highest BCUT2D eigenvalue weighted by atomic mass is 32.2. The Morgan fingerprint density at radius 2 is 2.00 bits per heavy atom. The van der Waals surface area contributed by atoms with Crippen molar-refractivity contribution in [3.8, 4) is 0 Å². The third kappa shape index (κ3) is 7.22. The van der Waals surface area contributed by atoms with Crippen molar-refractivity contribution < 1.29 is 23.1 Å². The smallest absolute Gasteiger partial charge is 0.321 e. The number of hydrogen-bond acceptors (Lipinski definition) is 4. The van der Waals surface area contributed by atoms with Crippen LogP contribution < -0.4 is 4.72 Å². The Kier molecular flexibility index (Phi) is 7.35. The number of carboxylic acids is 1. The number of aryl methyl sites for hydroxylation is 1. The van der Waals surface area contributed by atoms with Crippen LogP contribution >= 0.6 is 0 Å². The van der Waals surface area contributed by atoms with Crippen LogP contribution in [0.15, 0.2) is 30.3 Å². The zero-order valence-corrected chi connectivity index (χ0v) is 12.8. The number of methoxy groups -OCH3 is 1. The molecule has 0 aliphatic carbocycles. The molecule has 0 aliphatic heterocycles. The molecular formula is C14H21NO5S. The largest absolute Gasteiger partial charge is 0.480 e. The molecule has 2 N–H and O–H groups in total. The summed E-state index contributed by atoms with van der Waals surface area (Å²) >= 11 is 0. The molecule has 1 aromatic carbocycles. The first-order valence-electron chi connectivity index (χ1n) is 6.70. The normalized spacial score (nSPS) is 13.0. The zero-order chi connectivity index (χ0) is 15.7. The molecule has 0 bridgehead atoms. The van der Waals surface area contributed by atoms with Gasteiger partial charge in [0.2, 0.25) is 10.0 Å². The minimum Gasteiger partial charge on any atom is -0.480 e. The van der Waals surface area contributed by atoms with Crippen LogP contribution in [0.3, 0.4) is 0 Å². The Bertz CT molecular complexity index is 530. The number of benzene rings is 1. The summed E-state index contributed by atoms with van der Waals surface area (Å²) in [4.78, 5) is 11.1. The van der Waals surface area contributed by atoms with Crippen molar-refractivity contribution in [3.63, 3.8) is 0 Å². The lowest BCUT2D eigenvalue weighted by Crippen LogP contribution is -2.42. The van der Waals surface area contributed by atoms with Gasteiger partial charge in [-0.1, -0.05) is 30.3 Å². The van der Waals surface area contributed by atoms with Crippen molar-refractivity contribution >= 4 is 16.0 Å². The molecule has 0 aromatic heterocycles. The first-order valence-corrected chi connectivity index (χ1v) is 8.35. The van der Waals surface area contributed by atoms with Gasteiger partial charge in [0, 0.05) is 13.7 Å². The molecule has 1 unspecified atom stereocenters. The van der Waals surface area contributed by atoms with Crippen LogP contribution in [-0.4, -0.2) is 45.0 Å². The van der Waals surface area contributed by atoms with Crippen molar-refractivity contribution in [1.82, 2.24) is 4.72 Å². The molecule has 0 amide bonds. The Labute approximate surface area is 125 Å². The number of sulfonamides is 1. The maximum absolute atomic E-state index is 11.9. The van der Waals surface area contributed by atoms with Gasteiger partial charge < -0.3 is 9.84 Å². The van der Waals surface area contributed by atoms with Gasteiger partial charge in [0.25, 0.3) is 0 Å². The topological polar surface area (TPSA) is 92.7 Å². The van der Waals surface area contributed by atoms with Gasteiger partial charge in [-0.05, 0) is 24.8 Å². The monoisotopic (exact) mass is 315 g/mol. The molecule has 0 aliphatic rings. The second-order valence-corrected chi connectivity index (χ2v) is 6.57. The Balaban J connectivity index is 2.53. The molecule has 0 saturated carbocycles. The molecule has 21 heavy (non-hydrogen) atoms. The van der Waals surface area contributed by atoms with E-state index >= 15 is 0 Å². The fourth-order valence-corrected chi connectivity index (χ4v) is 3.11. The van der Waals surface area contributed by atoms with Crippen LogP contribution in [0.25, 0.3) is 0 Å². The van der Waals surface area contributed by atoms with E-state index in [2.05, 4.69) is 4.72 Å². The Morgan fingerprint density at radius 3 is 2.57 bits per heavy atom. The van der Waals surface area contributed by atoms with Gasteiger partial charge in [-0.2, -0.15) is 0 Å². The van der Waals surface area contributed by atoms with E-state index in [1.165, 1.54) is 7.11 Å². The van der Waals surface area contributed by atoms with Crippen molar-refractivity contribution in [2.45, 2.75) is 25.3 Å². The third-order valence-electron chi connectivity index (χ3n) is 2.96. The van der Waals surface area contributed by atoms with Crippen molar-refractivity contribution in [2.75, 3.05) is 19.5 Å². The van der Waals surface area contributed by atoms with Crippen LogP contribution in [0, 0.1) is 0 Å². The summed E-state index contributed by atoms with van der Waals surface area (Å²) in [5.74, 6) is -1.31. The second-order valence-electron chi connectivity index (χ2n) is 4.70. The van der Waals surface area contributed by atoms with E-state index < -0.39 is 22.0 Å². The van der Waals surface area contributed by atoms with E-state index in [1.807, 2.05) is 30.3 Å². The van der Waals surface area contributed by atoms with Crippen LogP contribution in [-0.2, 0) is 26.0 Å². The maximum Gasteiger partial charge on any atom is 0.321 e. The Morgan fingerprint density at radius 1 is 1.33 bits per heavy atom. The van der Waals surface area contributed by atoms with Crippen LogP contribution in [0.5, 0.6) is 0 Å². The van der Waals surface area contributed by atoms with E-state index in [4.69, 9.17) is 9.84 Å². The van der Waals surface area contributed by atoms with Gasteiger partial charge in [0.1, 0.15) is 6.04 Å². The van der Waals surface area contributed by atoms with E-state index in [-0.39, 0.29) is 12.2 Å². The fourth-order valence-electron chi connectivity index (χ4n) is 1.84. The lowest BCUT2D eigenvalue weighted by molar-refractivity contribution is -0.139. The summed E-state index contributed by atoms with van der Waals surface area (Å²) in [6.45, 7) is 0.398. The number of carboxylic acid groups (broad SMARTS) is 1. The average molecular weight is 315 g/mol. The summed E-state index contributed by atoms with van der Waals surface area (Å²) in [6, 6.07) is 8.08. The summed E-state index contributed by atoms with van der Waals surface area (Å²) in [5, 5.41) is 9.05. The number of aliphatic carboxylic acids is 1. The molecule has 1 aromatic rings. The molecule has 1 atom stereocenters. The van der Waals surface area contributed by atoms with Gasteiger partial charge >= 0.3 is 5.97 Å². The standard InChI is InChI=1S/C14H21NO5S/c1-20-10-5-8-13(14(16)17)15-21(18,19)11-9-12-6-3-2-4-7-12/h2-4,6-7,13,15H,5,8-11H2,1H3,(H,16,17). The van der Waals surface area contributed by atoms with Crippen LogP contribution in [0.4, 0.5) is 0 Å². The summed E-state index contributed by atoms with van der Waals surface area (Å²) in [5.41, 5.74) is 0.897. The number of rotatable bonds is 10. The lowest BCUT2D eigenvalue weighted by atomic mass is 10.2. The molecule has 0 spiro atoms. The van der Waals surface area contributed by atoms with E-state index in [0.29, 0.717) is 19.4 Å². The zero-order valence-electron chi connectivity index (χ0n) is 12.0. The maximum atomic E-state index is 11.9. The molecule has 6 nitrogen and oxygen atoms in total. The predicted octanol–water partition coefficient (Wildman–Crippen LogP) is 1.03. The number of carbonyl (C=O) groups is 1. The van der Waals surface area contributed by atoms with E-state index in [9.17, 15) is 13.2 Å². The summed E-state index contributed by atoms with van der Waals surface area (Å²) in [6.07, 6.45) is 1.03. The molecule has 0 saturated heterocycles. The molecule has 0 radical (unpaired) electrons. The molecule has 118 valence electrons. The summed E-state index contributed by atoms with van der Waals surface area (Å²) < 4.78 is 31.0. The SMILES string of the molecule is COCCCC(NS(=O)(=O)CCc1ccccc1)C(=O)O. The van der Waals surface area contributed by atoms with Gasteiger partial charge in [0.05, 0.1) is 5.75 Å². The average Bonchev–Trinajstić information content (AvgIpc) is 2.45. The summed E-state index contributed by atoms with van der Waals surface area (Å²) in [7, 11) is -2.12. The first-order chi connectivity index (χ1) is 9.94. The van der Waals surface area contributed by atoms with Gasteiger partial charge in [-0.3, -0.25) is 4.79 Å². The van der Waals surface area contributed by atoms with Crippen molar-refractivity contribution in [3.05, 3.63) is 35.9 Å². The highest BCUT2D eigenvalue weighted by Gasteiger charge is 2.23. The molecule has 0 heterocycles. The van der Waals surface area contributed by atoms with Gasteiger partial charge in [-0.25, -0.2) is 13.1 Å². The van der Waals surface area contributed by atoms with Crippen molar-refractivity contribution in [2.24, 2.45) is 0 Å². The number of ether oxygens (including phenoxy) is 1. The molecular weight excluding hydrogens is 294 g/mol. The molecule has 7 heteroatoms.